The summed E-state index contributed by atoms with van der Waals surface area (Å²) in [5.41, 5.74) is 4.08. The predicted molar refractivity (Wildman–Crippen MR) is 134 cm³/mol. The number of rotatable bonds is 5. The van der Waals surface area contributed by atoms with E-state index < -0.39 is 12.1 Å². The fraction of sp³-hybridized carbons (Fsp3) is 0.269. The molecule has 2 atom stereocenters. The Morgan fingerprint density at radius 3 is 2.50 bits per heavy atom. The van der Waals surface area contributed by atoms with Crippen molar-refractivity contribution in [2.45, 2.75) is 25.1 Å². The number of carbonyl (C=O) groups is 1. The average molecular weight is 548 g/mol. The lowest BCUT2D eigenvalue weighted by Gasteiger charge is -2.24. The van der Waals surface area contributed by atoms with Crippen molar-refractivity contribution in [3.8, 4) is 29.5 Å². The van der Waals surface area contributed by atoms with E-state index >= 15 is 0 Å². The number of hydrogen-bond acceptors (Lipinski definition) is 8. The average Bonchev–Trinajstić information content (AvgIpc) is 3.72. The van der Waals surface area contributed by atoms with Crippen molar-refractivity contribution in [1.29, 1.82) is 15.8 Å². The first-order valence-corrected chi connectivity index (χ1v) is 11.9. The number of benzene rings is 1. The van der Waals surface area contributed by atoms with Crippen LogP contribution in [0.3, 0.4) is 0 Å². The monoisotopic (exact) mass is 547 g/mol. The Bertz CT molecular complexity index is 1620. The van der Waals surface area contributed by atoms with E-state index in [2.05, 4.69) is 43.2 Å². The number of nitrogens with zero attached hydrogens (tertiary/aromatic N) is 8. The molecular formula is C26H20F3N9O2. The smallest absolute Gasteiger partial charge is 0.475 e. The number of fused-ring (bicyclic) bond motifs is 1. The van der Waals surface area contributed by atoms with E-state index in [9.17, 15) is 29.0 Å². The van der Waals surface area contributed by atoms with Crippen molar-refractivity contribution in [1.82, 2.24) is 24.7 Å². The highest BCUT2D eigenvalue weighted by molar-refractivity contribution is 5.90. The summed E-state index contributed by atoms with van der Waals surface area (Å²) >= 11 is 0. The van der Waals surface area contributed by atoms with Crippen LogP contribution >= 0.6 is 0 Å². The molecule has 202 valence electrons. The molecule has 0 aliphatic carbocycles. The fourth-order valence-electron chi connectivity index (χ4n) is 4.68. The van der Waals surface area contributed by atoms with Crippen LogP contribution in [0, 0.1) is 39.9 Å². The second kappa shape index (κ2) is 11.5. The third-order valence-corrected chi connectivity index (χ3v) is 6.47. The summed E-state index contributed by atoms with van der Waals surface area (Å²) in [5, 5.41) is 41.3. The summed E-state index contributed by atoms with van der Waals surface area (Å²) in [6, 6.07) is 13.7. The molecule has 5 rings (SSSR count). The second-order valence-electron chi connectivity index (χ2n) is 8.82. The summed E-state index contributed by atoms with van der Waals surface area (Å²) in [6.07, 6.45) is 3.11. The van der Waals surface area contributed by atoms with Gasteiger partial charge in [-0.25, -0.2) is 14.8 Å². The number of nitrogens with one attached hydrogen (secondary N) is 1. The standard InChI is InChI=1S/C24H19N9.C2HF3O2/c25-7-4-21(18-6-9-32(13-18)23-16(10-26)2-1-3-17(23)11-27)33-14-19(12-31-33)22-20-5-8-28-24(20)30-15-29-22;3-2(4,5)1(6)7/h1-3,5,8,12,14-15,18,21H,4,6,9,13H2,(H,28,29,30);(H,6,7)/t18-,21-;/m0./s1. The van der Waals surface area contributed by atoms with Crippen molar-refractivity contribution in [2.75, 3.05) is 18.0 Å². The Balaban J connectivity index is 0.000000470. The minimum Gasteiger partial charge on any atom is -0.475 e. The molecule has 2 N–H and O–H groups in total. The molecule has 0 spiro atoms. The quantitative estimate of drug-likeness (QED) is 0.372. The third-order valence-electron chi connectivity index (χ3n) is 6.47. The number of carboxylic acids is 1. The molecule has 4 heterocycles. The molecule has 1 fully saturated rings. The Kier molecular flexibility index (Phi) is 7.96. The number of para-hydroxylation sites is 1. The number of carboxylic acid groups (broad SMARTS) is 1. The molecule has 0 bridgehead atoms. The lowest BCUT2D eigenvalue weighted by atomic mass is 9.96. The zero-order valence-corrected chi connectivity index (χ0v) is 20.7. The maximum atomic E-state index is 10.6. The minimum absolute atomic E-state index is 0.128. The van der Waals surface area contributed by atoms with Crippen LogP contribution < -0.4 is 4.90 Å². The maximum Gasteiger partial charge on any atom is 0.490 e. The highest BCUT2D eigenvalue weighted by atomic mass is 19.4. The van der Waals surface area contributed by atoms with Gasteiger partial charge in [0.05, 0.1) is 47.2 Å². The number of anilines is 1. The van der Waals surface area contributed by atoms with Gasteiger partial charge in [0.15, 0.2) is 0 Å². The Hall–Kier alpha value is -5.42. The first-order chi connectivity index (χ1) is 19.2. The lowest BCUT2D eigenvalue weighted by molar-refractivity contribution is -0.192. The van der Waals surface area contributed by atoms with E-state index in [4.69, 9.17) is 9.90 Å². The van der Waals surface area contributed by atoms with Crippen molar-refractivity contribution in [3.05, 3.63) is 60.3 Å². The van der Waals surface area contributed by atoms with E-state index in [0.29, 0.717) is 36.3 Å². The van der Waals surface area contributed by atoms with Crippen LogP contribution in [0.15, 0.2) is 49.2 Å². The van der Waals surface area contributed by atoms with Crippen LogP contribution in [0.2, 0.25) is 0 Å². The van der Waals surface area contributed by atoms with E-state index in [1.165, 1.54) is 6.33 Å². The number of hydrogen-bond donors (Lipinski definition) is 2. The molecule has 1 aliphatic rings. The number of aromatic amines is 1. The summed E-state index contributed by atoms with van der Waals surface area (Å²) in [5.74, 6) is -2.61. The molecule has 14 heteroatoms. The van der Waals surface area contributed by atoms with Crippen molar-refractivity contribution in [2.24, 2.45) is 5.92 Å². The van der Waals surface area contributed by atoms with Gasteiger partial charge in [0.25, 0.3) is 0 Å². The zero-order chi connectivity index (χ0) is 28.9. The number of nitriles is 3. The molecule has 0 amide bonds. The van der Waals surface area contributed by atoms with Crippen LogP contribution in [0.5, 0.6) is 0 Å². The summed E-state index contributed by atoms with van der Waals surface area (Å²) in [7, 11) is 0. The van der Waals surface area contributed by atoms with E-state index in [-0.39, 0.29) is 12.0 Å². The number of H-pyrrole nitrogens is 1. The molecule has 40 heavy (non-hydrogen) atoms. The van der Waals surface area contributed by atoms with Gasteiger partial charge in [-0.15, -0.1) is 0 Å². The Morgan fingerprint density at radius 2 is 1.88 bits per heavy atom. The lowest BCUT2D eigenvalue weighted by Crippen LogP contribution is -2.26. The summed E-state index contributed by atoms with van der Waals surface area (Å²) in [4.78, 5) is 22.7. The van der Waals surface area contributed by atoms with Gasteiger partial charge in [-0.2, -0.15) is 34.1 Å². The predicted octanol–water partition coefficient (Wildman–Crippen LogP) is 4.18. The van der Waals surface area contributed by atoms with Crippen LogP contribution in [0.25, 0.3) is 22.3 Å². The normalized spacial score (nSPS) is 15.4. The van der Waals surface area contributed by atoms with Gasteiger partial charge >= 0.3 is 12.1 Å². The first kappa shape index (κ1) is 27.6. The van der Waals surface area contributed by atoms with Gasteiger partial charge < -0.3 is 15.0 Å². The topological polar surface area (TPSA) is 171 Å². The molecule has 0 radical (unpaired) electrons. The summed E-state index contributed by atoms with van der Waals surface area (Å²) < 4.78 is 33.6. The number of halogens is 3. The number of alkyl halides is 3. The van der Waals surface area contributed by atoms with Gasteiger partial charge in [0.1, 0.15) is 24.1 Å². The van der Waals surface area contributed by atoms with Gasteiger partial charge in [-0.3, -0.25) is 4.68 Å². The first-order valence-electron chi connectivity index (χ1n) is 11.9. The summed E-state index contributed by atoms with van der Waals surface area (Å²) in [6.45, 7) is 1.36. The van der Waals surface area contributed by atoms with Gasteiger partial charge in [0, 0.05) is 42.4 Å². The van der Waals surface area contributed by atoms with Crippen LogP contribution in [0.4, 0.5) is 18.9 Å². The maximum absolute atomic E-state index is 10.6. The Labute approximate surface area is 225 Å². The molecule has 11 nitrogen and oxygen atoms in total. The number of aromatic nitrogens is 5. The van der Waals surface area contributed by atoms with Gasteiger partial charge in [-0.1, -0.05) is 6.07 Å². The third kappa shape index (κ3) is 5.69. The van der Waals surface area contributed by atoms with Crippen molar-refractivity contribution >= 4 is 22.7 Å². The van der Waals surface area contributed by atoms with Gasteiger partial charge in [0.2, 0.25) is 0 Å². The van der Waals surface area contributed by atoms with Crippen LogP contribution in [-0.4, -0.2) is 55.1 Å². The van der Waals surface area contributed by atoms with E-state index in [1.807, 2.05) is 23.1 Å². The molecule has 1 aliphatic heterocycles. The zero-order valence-electron chi connectivity index (χ0n) is 20.7. The molecular weight excluding hydrogens is 527 g/mol. The molecule has 4 aromatic rings. The highest BCUT2D eigenvalue weighted by Crippen LogP contribution is 2.36. The van der Waals surface area contributed by atoms with Crippen molar-refractivity contribution < 1.29 is 23.1 Å². The number of aliphatic carboxylic acids is 1. The second-order valence-corrected chi connectivity index (χ2v) is 8.82. The van der Waals surface area contributed by atoms with E-state index in [0.717, 1.165) is 28.7 Å². The van der Waals surface area contributed by atoms with Crippen molar-refractivity contribution in [3.63, 3.8) is 0 Å². The van der Waals surface area contributed by atoms with Crippen LogP contribution in [-0.2, 0) is 4.79 Å². The molecule has 1 saturated heterocycles. The van der Waals surface area contributed by atoms with Gasteiger partial charge in [-0.05, 0) is 24.6 Å². The largest absolute Gasteiger partial charge is 0.490 e. The fourth-order valence-corrected chi connectivity index (χ4v) is 4.68. The molecule has 0 saturated carbocycles. The minimum atomic E-state index is -5.08. The highest BCUT2D eigenvalue weighted by Gasteiger charge is 2.38. The van der Waals surface area contributed by atoms with E-state index in [1.54, 1.807) is 24.4 Å². The Morgan fingerprint density at radius 1 is 1.18 bits per heavy atom. The molecule has 0 unspecified atom stereocenters. The SMILES string of the molecule is N#CC[C@@H]([C@H]1CCN(c2c(C#N)cccc2C#N)C1)n1cc(-c2ncnc3[nH]ccc23)cn1.O=C(O)C(F)(F)F. The molecule has 1 aromatic carbocycles. The van der Waals surface area contributed by atoms with Crippen LogP contribution in [0.1, 0.15) is 30.0 Å². The molecule has 3 aromatic heterocycles.